The third-order valence-electron chi connectivity index (χ3n) is 3.39. The zero-order valence-corrected chi connectivity index (χ0v) is 14.0. The molecule has 2 aromatic carbocycles. The Morgan fingerprint density at radius 2 is 1.50 bits per heavy atom. The molecule has 0 aliphatic carbocycles. The van der Waals surface area contributed by atoms with E-state index in [1.165, 1.54) is 0 Å². The molecule has 4 heteroatoms. The van der Waals surface area contributed by atoms with Crippen molar-refractivity contribution >= 4 is 17.7 Å². The van der Waals surface area contributed by atoms with E-state index in [0.717, 1.165) is 0 Å². The highest BCUT2D eigenvalue weighted by Gasteiger charge is 2.25. The molecule has 0 radical (unpaired) electrons. The Kier molecular flexibility index (Phi) is 5.29. The van der Waals surface area contributed by atoms with Gasteiger partial charge in [-0.25, -0.2) is 0 Å². The van der Waals surface area contributed by atoms with Gasteiger partial charge in [-0.3, -0.25) is 14.4 Å². The lowest BCUT2D eigenvalue weighted by Crippen LogP contribution is -2.26. The third kappa shape index (κ3) is 4.62. The van der Waals surface area contributed by atoms with Crippen LogP contribution < -0.4 is 0 Å². The standard InChI is InChI=1S/C20H20O4/c1-20(2,3)19(23)24-17(21)13-14-8-7-11-16(12-14)18(22)15-9-5-4-6-10-15/h4-12H,13H2,1-3H3. The Balaban J connectivity index is 2.09. The summed E-state index contributed by atoms with van der Waals surface area (Å²) >= 11 is 0. The number of carbonyl (C=O) groups excluding carboxylic acids is 3. The van der Waals surface area contributed by atoms with Gasteiger partial charge in [0.1, 0.15) is 0 Å². The summed E-state index contributed by atoms with van der Waals surface area (Å²) in [5, 5.41) is 0. The molecular weight excluding hydrogens is 304 g/mol. The van der Waals surface area contributed by atoms with Crippen molar-refractivity contribution in [2.45, 2.75) is 27.2 Å². The van der Waals surface area contributed by atoms with Gasteiger partial charge in [0.15, 0.2) is 5.78 Å². The minimum atomic E-state index is -0.735. The number of esters is 2. The molecular formula is C20H20O4. The molecule has 0 fully saturated rings. The lowest BCUT2D eigenvalue weighted by atomic mass is 9.97. The molecule has 0 atom stereocenters. The Morgan fingerprint density at radius 1 is 0.875 bits per heavy atom. The van der Waals surface area contributed by atoms with Gasteiger partial charge in [-0.1, -0.05) is 48.5 Å². The first-order chi connectivity index (χ1) is 11.3. The average Bonchev–Trinajstić information content (AvgIpc) is 2.54. The number of rotatable bonds is 4. The molecule has 0 unspecified atom stereocenters. The molecule has 0 heterocycles. The van der Waals surface area contributed by atoms with Crippen LogP contribution in [0.1, 0.15) is 42.3 Å². The van der Waals surface area contributed by atoms with E-state index in [2.05, 4.69) is 0 Å². The molecule has 0 N–H and O–H groups in total. The summed E-state index contributed by atoms with van der Waals surface area (Å²) in [5.41, 5.74) is 0.970. The van der Waals surface area contributed by atoms with Crippen molar-refractivity contribution in [2.24, 2.45) is 5.41 Å². The second-order valence-electron chi connectivity index (χ2n) is 6.58. The van der Waals surface area contributed by atoms with Crippen LogP contribution >= 0.6 is 0 Å². The van der Waals surface area contributed by atoms with E-state index >= 15 is 0 Å². The minimum absolute atomic E-state index is 0.0578. The van der Waals surface area contributed by atoms with Crippen LogP contribution in [-0.4, -0.2) is 17.7 Å². The lowest BCUT2D eigenvalue weighted by Gasteiger charge is -2.15. The first-order valence-corrected chi connectivity index (χ1v) is 7.71. The minimum Gasteiger partial charge on any atom is -0.393 e. The Labute approximate surface area is 141 Å². The van der Waals surface area contributed by atoms with Crippen LogP contribution in [0, 0.1) is 5.41 Å². The number of benzene rings is 2. The van der Waals surface area contributed by atoms with Gasteiger partial charge in [0.2, 0.25) is 0 Å². The Bertz CT molecular complexity index is 755. The van der Waals surface area contributed by atoms with Crippen LogP contribution in [0.2, 0.25) is 0 Å². The van der Waals surface area contributed by atoms with Crippen LogP contribution in [0.25, 0.3) is 0 Å². The summed E-state index contributed by atoms with van der Waals surface area (Å²) < 4.78 is 4.84. The van der Waals surface area contributed by atoms with E-state index in [9.17, 15) is 14.4 Å². The van der Waals surface area contributed by atoms with E-state index in [1.807, 2.05) is 6.07 Å². The van der Waals surface area contributed by atoms with Crippen molar-refractivity contribution in [3.8, 4) is 0 Å². The van der Waals surface area contributed by atoms with E-state index in [4.69, 9.17) is 4.74 Å². The first kappa shape index (κ1) is 17.6. The summed E-state index contributed by atoms with van der Waals surface area (Å²) in [5.74, 6) is -1.31. The fraction of sp³-hybridized carbons (Fsp3) is 0.250. The second kappa shape index (κ2) is 7.21. The van der Waals surface area contributed by atoms with Gasteiger partial charge < -0.3 is 4.74 Å². The summed E-state index contributed by atoms with van der Waals surface area (Å²) in [6.45, 7) is 5.05. The lowest BCUT2D eigenvalue weighted by molar-refractivity contribution is -0.165. The summed E-state index contributed by atoms with van der Waals surface area (Å²) in [6, 6.07) is 15.7. The SMILES string of the molecule is CC(C)(C)C(=O)OC(=O)Cc1cccc(C(=O)c2ccccc2)c1. The average molecular weight is 324 g/mol. The van der Waals surface area contributed by atoms with Gasteiger partial charge >= 0.3 is 11.9 Å². The smallest absolute Gasteiger partial charge is 0.318 e. The van der Waals surface area contributed by atoms with Crippen molar-refractivity contribution in [2.75, 3.05) is 0 Å². The molecule has 0 amide bonds. The van der Waals surface area contributed by atoms with Crippen LogP contribution in [0.3, 0.4) is 0 Å². The van der Waals surface area contributed by atoms with Gasteiger partial charge in [0.05, 0.1) is 11.8 Å². The highest BCUT2D eigenvalue weighted by atomic mass is 16.6. The number of ketones is 1. The van der Waals surface area contributed by atoms with E-state index in [-0.39, 0.29) is 12.2 Å². The van der Waals surface area contributed by atoms with Crippen molar-refractivity contribution in [3.05, 3.63) is 71.3 Å². The first-order valence-electron chi connectivity index (χ1n) is 7.71. The van der Waals surface area contributed by atoms with E-state index in [0.29, 0.717) is 16.7 Å². The van der Waals surface area contributed by atoms with Crippen molar-refractivity contribution < 1.29 is 19.1 Å². The van der Waals surface area contributed by atoms with Gasteiger partial charge in [0.25, 0.3) is 0 Å². The van der Waals surface area contributed by atoms with Crippen LogP contribution in [0.4, 0.5) is 0 Å². The summed E-state index contributed by atoms with van der Waals surface area (Å²) in [6.07, 6.45) is -0.0578. The molecule has 0 saturated carbocycles. The summed E-state index contributed by atoms with van der Waals surface area (Å²) in [4.78, 5) is 36.0. The van der Waals surface area contributed by atoms with Crippen molar-refractivity contribution in [3.63, 3.8) is 0 Å². The fourth-order valence-electron chi connectivity index (χ4n) is 2.04. The zero-order chi connectivity index (χ0) is 17.7. The summed E-state index contributed by atoms with van der Waals surface area (Å²) in [7, 11) is 0. The van der Waals surface area contributed by atoms with E-state index < -0.39 is 17.4 Å². The predicted molar refractivity (Wildman–Crippen MR) is 90.6 cm³/mol. The highest BCUT2D eigenvalue weighted by molar-refractivity contribution is 6.09. The molecule has 24 heavy (non-hydrogen) atoms. The quantitative estimate of drug-likeness (QED) is 0.490. The normalized spacial score (nSPS) is 11.0. The van der Waals surface area contributed by atoms with Crippen LogP contribution in [0.5, 0.6) is 0 Å². The van der Waals surface area contributed by atoms with Gasteiger partial charge in [-0.2, -0.15) is 0 Å². The molecule has 0 aliphatic heterocycles. The molecule has 2 aromatic rings. The second-order valence-corrected chi connectivity index (χ2v) is 6.58. The Morgan fingerprint density at radius 3 is 2.12 bits per heavy atom. The van der Waals surface area contributed by atoms with Gasteiger partial charge in [0, 0.05) is 11.1 Å². The van der Waals surface area contributed by atoms with Gasteiger partial charge in [-0.15, -0.1) is 0 Å². The number of ether oxygens (including phenoxy) is 1. The van der Waals surface area contributed by atoms with Crippen molar-refractivity contribution in [1.29, 1.82) is 0 Å². The number of hydrogen-bond donors (Lipinski definition) is 0. The predicted octanol–water partition coefficient (Wildman–Crippen LogP) is 3.58. The van der Waals surface area contributed by atoms with Crippen molar-refractivity contribution in [1.82, 2.24) is 0 Å². The molecule has 0 aromatic heterocycles. The topological polar surface area (TPSA) is 60.4 Å². The third-order valence-corrected chi connectivity index (χ3v) is 3.39. The largest absolute Gasteiger partial charge is 0.393 e. The molecule has 0 bridgehead atoms. The fourth-order valence-corrected chi connectivity index (χ4v) is 2.04. The zero-order valence-electron chi connectivity index (χ0n) is 14.0. The van der Waals surface area contributed by atoms with Gasteiger partial charge in [-0.05, 0) is 32.4 Å². The monoisotopic (exact) mass is 324 g/mol. The maximum atomic E-state index is 12.4. The number of hydrogen-bond acceptors (Lipinski definition) is 4. The molecule has 124 valence electrons. The van der Waals surface area contributed by atoms with E-state index in [1.54, 1.807) is 69.3 Å². The maximum Gasteiger partial charge on any atom is 0.318 e. The highest BCUT2D eigenvalue weighted by Crippen LogP contribution is 2.16. The van der Waals surface area contributed by atoms with Crippen LogP contribution in [0.15, 0.2) is 54.6 Å². The molecule has 0 spiro atoms. The van der Waals surface area contributed by atoms with Crippen LogP contribution in [-0.2, 0) is 20.7 Å². The molecule has 4 nitrogen and oxygen atoms in total. The molecule has 2 rings (SSSR count). The molecule has 0 saturated heterocycles. The number of carbonyl (C=O) groups is 3. The maximum absolute atomic E-state index is 12.4. The molecule has 0 aliphatic rings. The Hall–Kier alpha value is -2.75.